The van der Waals surface area contributed by atoms with Gasteiger partial charge in [-0.15, -0.1) is 0 Å². The van der Waals surface area contributed by atoms with E-state index in [0.29, 0.717) is 49.2 Å². The summed E-state index contributed by atoms with van der Waals surface area (Å²) in [5, 5.41) is 13.7. The van der Waals surface area contributed by atoms with Crippen molar-refractivity contribution in [2.75, 3.05) is 44.3 Å². The molecule has 180 valence electrons. The van der Waals surface area contributed by atoms with Crippen LogP contribution in [-0.4, -0.2) is 72.3 Å². The van der Waals surface area contributed by atoms with Gasteiger partial charge in [-0.3, -0.25) is 4.79 Å². The smallest absolute Gasteiger partial charge is 0.316 e. The summed E-state index contributed by atoms with van der Waals surface area (Å²) in [6.07, 6.45) is 2.45. The number of aromatic nitrogens is 2. The lowest BCUT2D eigenvalue weighted by Gasteiger charge is -2.36. The van der Waals surface area contributed by atoms with Crippen molar-refractivity contribution in [2.24, 2.45) is 11.8 Å². The molecule has 0 bridgehead atoms. The number of aliphatic hydroxyl groups is 1. The zero-order chi connectivity index (χ0) is 23.8. The summed E-state index contributed by atoms with van der Waals surface area (Å²) in [6, 6.07) is 6.85. The summed E-state index contributed by atoms with van der Waals surface area (Å²) in [6.45, 7) is 5.28. The Kier molecular flexibility index (Phi) is 6.99. The molecule has 4 rings (SSSR count). The molecule has 1 aromatic heterocycles. The summed E-state index contributed by atoms with van der Waals surface area (Å²) in [5.74, 6) is 0.590. The maximum Gasteiger partial charge on any atom is 0.316 e. The van der Waals surface area contributed by atoms with E-state index in [1.165, 1.54) is 8.99 Å². The number of sulfonamides is 1. The number of hydrogen-bond acceptors (Lipinski definition) is 7. The number of aliphatic hydroxyl groups excluding tert-OH is 1. The van der Waals surface area contributed by atoms with Crippen molar-refractivity contribution >= 4 is 27.3 Å². The van der Waals surface area contributed by atoms with Gasteiger partial charge < -0.3 is 14.7 Å². The lowest BCUT2D eigenvalue weighted by molar-refractivity contribution is 0.241. The van der Waals surface area contributed by atoms with Gasteiger partial charge in [0.2, 0.25) is 15.8 Å². The zero-order valence-electron chi connectivity index (χ0n) is 18.7. The van der Waals surface area contributed by atoms with E-state index < -0.39 is 20.8 Å². The molecule has 2 aromatic rings. The third-order valence-electron chi connectivity index (χ3n) is 6.25. The van der Waals surface area contributed by atoms with Gasteiger partial charge in [-0.25, -0.2) is 8.42 Å². The summed E-state index contributed by atoms with van der Waals surface area (Å²) in [7, 11) is -3.34. The van der Waals surface area contributed by atoms with Crippen LogP contribution in [0.4, 0.5) is 5.69 Å². The summed E-state index contributed by atoms with van der Waals surface area (Å²) < 4.78 is 33.8. The SMILES string of the molecule is CC(C)S(=O)(=O)N1CCN(c2cnn(-c3cccc(Cl)c3)c(=O)c2OCC2CC2CO)CC1. The quantitative estimate of drug-likeness (QED) is 0.593. The Morgan fingerprint density at radius 3 is 2.55 bits per heavy atom. The van der Waals surface area contributed by atoms with E-state index in [0.717, 1.165) is 6.42 Å². The van der Waals surface area contributed by atoms with Crippen LogP contribution < -0.4 is 15.2 Å². The molecule has 9 nitrogen and oxygen atoms in total. The third-order valence-corrected chi connectivity index (χ3v) is 8.76. The molecule has 2 heterocycles. The molecule has 2 fully saturated rings. The Morgan fingerprint density at radius 2 is 1.94 bits per heavy atom. The van der Waals surface area contributed by atoms with Crippen LogP contribution in [0.2, 0.25) is 5.02 Å². The number of halogens is 1. The van der Waals surface area contributed by atoms with Crippen molar-refractivity contribution in [2.45, 2.75) is 25.5 Å². The molecule has 1 saturated heterocycles. The molecule has 0 amide bonds. The topological polar surface area (TPSA) is 105 Å². The number of ether oxygens (including phenoxy) is 1. The second-order valence-electron chi connectivity index (χ2n) is 8.78. The van der Waals surface area contributed by atoms with Crippen molar-refractivity contribution < 1.29 is 18.3 Å². The molecule has 2 unspecified atom stereocenters. The van der Waals surface area contributed by atoms with E-state index in [4.69, 9.17) is 16.3 Å². The van der Waals surface area contributed by atoms with Gasteiger partial charge in [0.25, 0.3) is 0 Å². The molecule has 11 heteroatoms. The fourth-order valence-corrected chi connectivity index (χ4v) is 5.45. The highest BCUT2D eigenvalue weighted by atomic mass is 35.5. The average Bonchev–Trinajstić information content (AvgIpc) is 3.56. The Morgan fingerprint density at radius 1 is 1.21 bits per heavy atom. The maximum atomic E-state index is 13.4. The van der Waals surface area contributed by atoms with Gasteiger partial charge in [-0.1, -0.05) is 17.7 Å². The molecule has 0 spiro atoms. The molecule has 1 saturated carbocycles. The predicted molar refractivity (Wildman–Crippen MR) is 127 cm³/mol. The van der Waals surface area contributed by atoms with Crippen molar-refractivity contribution in [3.63, 3.8) is 0 Å². The highest BCUT2D eigenvalue weighted by Crippen LogP contribution is 2.38. The normalized spacial score (nSPS) is 21.4. The van der Waals surface area contributed by atoms with E-state index >= 15 is 0 Å². The molecule has 2 aliphatic rings. The first kappa shape index (κ1) is 24.0. The first-order valence-corrected chi connectivity index (χ1v) is 13.0. The zero-order valence-corrected chi connectivity index (χ0v) is 20.3. The number of rotatable bonds is 8. The molecule has 1 aromatic carbocycles. The van der Waals surface area contributed by atoms with Crippen LogP contribution in [0.25, 0.3) is 5.69 Å². The van der Waals surface area contributed by atoms with Gasteiger partial charge in [0.15, 0.2) is 0 Å². The molecule has 0 radical (unpaired) electrons. The first-order chi connectivity index (χ1) is 15.7. The molecule has 33 heavy (non-hydrogen) atoms. The predicted octanol–water partition coefficient (Wildman–Crippen LogP) is 1.75. The van der Waals surface area contributed by atoms with Gasteiger partial charge in [0, 0.05) is 37.8 Å². The van der Waals surface area contributed by atoms with E-state index in [9.17, 15) is 18.3 Å². The van der Waals surface area contributed by atoms with Gasteiger partial charge in [-0.05, 0) is 50.3 Å². The van der Waals surface area contributed by atoms with Crippen molar-refractivity contribution in [1.82, 2.24) is 14.1 Å². The van der Waals surface area contributed by atoms with Gasteiger partial charge in [-0.2, -0.15) is 14.1 Å². The Labute approximate surface area is 198 Å². The fourth-order valence-electron chi connectivity index (χ4n) is 3.99. The van der Waals surface area contributed by atoms with Crippen molar-refractivity contribution in [3.05, 3.63) is 45.8 Å². The summed E-state index contributed by atoms with van der Waals surface area (Å²) >= 11 is 6.10. The highest BCUT2D eigenvalue weighted by molar-refractivity contribution is 7.89. The number of hydrogen-bond donors (Lipinski definition) is 1. The number of nitrogens with zero attached hydrogens (tertiary/aromatic N) is 4. The second kappa shape index (κ2) is 9.61. The first-order valence-electron chi connectivity index (χ1n) is 11.1. The van der Waals surface area contributed by atoms with Crippen LogP contribution in [0.15, 0.2) is 35.3 Å². The molecule has 1 aliphatic heterocycles. The van der Waals surface area contributed by atoms with E-state index in [1.54, 1.807) is 44.3 Å². The minimum Gasteiger partial charge on any atom is -0.486 e. The van der Waals surface area contributed by atoms with Crippen LogP contribution in [0, 0.1) is 11.8 Å². The van der Waals surface area contributed by atoms with Crippen molar-refractivity contribution in [3.8, 4) is 11.4 Å². The van der Waals surface area contributed by atoms with E-state index in [2.05, 4.69) is 5.10 Å². The van der Waals surface area contributed by atoms with Gasteiger partial charge >= 0.3 is 5.56 Å². The number of anilines is 1. The lowest BCUT2D eigenvalue weighted by Crippen LogP contribution is -2.50. The molecular weight excluding hydrogens is 468 g/mol. The van der Waals surface area contributed by atoms with Gasteiger partial charge in [0.1, 0.15) is 5.69 Å². The Bertz CT molecular complexity index is 1160. The number of benzene rings is 1. The maximum absolute atomic E-state index is 13.4. The molecular formula is C22H29ClN4O5S. The standard InChI is InChI=1S/C22H29ClN4O5S/c1-15(2)33(30,31)26-8-6-25(7-9-26)20-12-24-27(19-5-3-4-18(23)11-19)22(29)21(20)32-14-17-10-16(17)13-28/h3-5,11-12,15-17,28H,6-10,13-14H2,1-2H3. The van der Waals surface area contributed by atoms with Crippen LogP contribution in [0.3, 0.4) is 0 Å². The Hall–Kier alpha value is -2.14. The average molecular weight is 497 g/mol. The summed E-state index contributed by atoms with van der Waals surface area (Å²) in [4.78, 5) is 15.3. The molecule has 2 atom stereocenters. The minimum atomic E-state index is -3.34. The summed E-state index contributed by atoms with van der Waals surface area (Å²) in [5.41, 5.74) is 0.658. The van der Waals surface area contributed by atoms with Gasteiger partial charge in [0.05, 0.1) is 23.7 Å². The highest BCUT2D eigenvalue weighted by Gasteiger charge is 2.37. The fraction of sp³-hybridized carbons (Fsp3) is 0.545. The Balaban J connectivity index is 1.62. The third kappa shape index (κ3) is 5.03. The molecule has 1 N–H and O–H groups in total. The van der Waals surface area contributed by atoms with E-state index in [-0.39, 0.29) is 24.2 Å². The van der Waals surface area contributed by atoms with Crippen LogP contribution in [0.5, 0.6) is 5.75 Å². The van der Waals surface area contributed by atoms with E-state index in [1.807, 2.05) is 4.90 Å². The van der Waals surface area contributed by atoms with Crippen LogP contribution in [0.1, 0.15) is 20.3 Å². The van der Waals surface area contributed by atoms with Crippen molar-refractivity contribution in [1.29, 1.82) is 0 Å². The van der Waals surface area contributed by atoms with Crippen LogP contribution >= 0.6 is 11.6 Å². The largest absolute Gasteiger partial charge is 0.486 e. The monoisotopic (exact) mass is 496 g/mol. The van der Waals surface area contributed by atoms with Crippen LogP contribution in [-0.2, 0) is 10.0 Å². The number of piperazine rings is 1. The minimum absolute atomic E-state index is 0.107. The second-order valence-corrected chi connectivity index (χ2v) is 11.7. The molecule has 1 aliphatic carbocycles. The lowest BCUT2D eigenvalue weighted by atomic mass is 10.3.